The van der Waals surface area contributed by atoms with E-state index in [0.29, 0.717) is 22.9 Å². The van der Waals surface area contributed by atoms with Gasteiger partial charge < -0.3 is 25.3 Å². The topological polar surface area (TPSA) is 99.9 Å². The molecule has 7 nitrogen and oxygen atoms in total. The molecule has 0 aliphatic rings. The zero-order valence-corrected chi connectivity index (χ0v) is 18.1. The van der Waals surface area contributed by atoms with Gasteiger partial charge in [0.2, 0.25) is 5.91 Å². The number of nitrogens with two attached hydrogens (primary N) is 1. The Morgan fingerprint density at radius 3 is 2.29 bits per heavy atom. The van der Waals surface area contributed by atoms with Crippen LogP contribution in [0.2, 0.25) is 10.0 Å². The number of hydrogen-bond acceptors (Lipinski definition) is 5. The van der Waals surface area contributed by atoms with Crippen LogP contribution in [0.5, 0.6) is 23.0 Å². The number of carbonyl (C=O) groups excluding carboxylic acids is 2. The molecule has 0 aliphatic heterocycles. The minimum Gasteiger partial charge on any atom is -0.497 e. The first-order valence-corrected chi connectivity index (χ1v) is 9.68. The van der Waals surface area contributed by atoms with E-state index in [9.17, 15) is 9.59 Å². The molecule has 0 spiro atoms. The van der Waals surface area contributed by atoms with Crippen LogP contribution in [0.1, 0.15) is 20.7 Å². The monoisotopic (exact) mass is 460 g/mol. The summed E-state index contributed by atoms with van der Waals surface area (Å²) in [6, 6.07) is 14.0. The van der Waals surface area contributed by atoms with Crippen molar-refractivity contribution in [3.63, 3.8) is 0 Å². The first kappa shape index (κ1) is 22.3. The van der Waals surface area contributed by atoms with Gasteiger partial charge in [0.15, 0.2) is 11.5 Å². The van der Waals surface area contributed by atoms with Crippen LogP contribution >= 0.6 is 23.2 Å². The van der Waals surface area contributed by atoms with E-state index in [1.165, 1.54) is 32.4 Å². The van der Waals surface area contributed by atoms with Crippen molar-refractivity contribution in [1.82, 2.24) is 0 Å². The zero-order chi connectivity index (χ0) is 22.5. The molecule has 0 heterocycles. The Labute approximate surface area is 188 Å². The molecule has 3 aromatic rings. The molecular weight excluding hydrogens is 443 g/mol. The van der Waals surface area contributed by atoms with Crippen LogP contribution < -0.4 is 25.3 Å². The van der Waals surface area contributed by atoms with E-state index in [0.717, 1.165) is 0 Å². The molecule has 31 heavy (non-hydrogen) atoms. The number of primary amides is 1. The summed E-state index contributed by atoms with van der Waals surface area (Å²) >= 11 is 12.3. The van der Waals surface area contributed by atoms with Crippen molar-refractivity contribution in [3.05, 3.63) is 75.8 Å². The molecule has 2 amide bonds. The maximum Gasteiger partial charge on any atom is 0.259 e. The van der Waals surface area contributed by atoms with Gasteiger partial charge in [0.05, 0.1) is 29.8 Å². The van der Waals surface area contributed by atoms with Crippen molar-refractivity contribution in [2.75, 3.05) is 19.5 Å². The van der Waals surface area contributed by atoms with E-state index in [1.807, 2.05) is 0 Å². The van der Waals surface area contributed by atoms with Gasteiger partial charge in [0.25, 0.3) is 5.91 Å². The van der Waals surface area contributed by atoms with Crippen LogP contribution in [0.3, 0.4) is 0 Å². The summed E-state index contributed by atoms with van der Waals surface area (Å²) < 4.78 is 16.4. The van der Waals surface area contributed by atoms with Crippen molar-refractivity contribution >= 4 is 40.7 Å². The van der Waals surface area contributed by atoms with Gasteiger partial charge in [-0.3, -0.25) is 9.59 Å². The first-order chi connectivity index (χ1) is 14.8. The lowest BCUT2D eigenvalue weighted by molar-refractivity contribution is 0.0995. The number of halogens is 2. The van der Waals surface area contributed by atoms with E-state index < -0.39 is 11.8 Å². The van der Waals surface area contributed by atoms with Gasteiger partial charge in [-0.15, -0.1) is 0 Å². The Bertz CT molecular complexity index is 1150. The molecule has 0 radical (unpaired) electrons. The molecule has 0 bridgehead atoms. The lowest BCUT2D eigenvalue weighted by Gasteiger charge is -2.15. The SMILES string of the molecule is COc1ccc(Oc2cc(Cl)c(Cl)cc2C(=O)Nc2cccc(C(N)=O)c2)c(OC)c1. The fourth-order valence-corrected chi connectivity index (χ4v) is 3.03. The molecule has 3 aromatic carbocycles. The summed E-state index contributed by atoms with van der Waals surface area (Å²) in [5.74, 6) is 0.327. The Balaban J connectivity index is 1.96. The van der Waals surface area contributed by atoms with Crippen LogP contribution in [0.25, 0.3) is 0 Å². The molecular formula is C22H18Cl2N2O5. The maximum absolute atomic E-state index is 13.0. The van der Waals surface area contributed by atoms with Gasteiger partial charge in [-0.1, -0.05) is 29.3 Å². The van der Waals surface area contributed by atoms with Crippen molar-refractivity contribution in [3.8, 4) is 23.0 Å². The summed E-state index contributed by atoms with van der Waals surface area (Å²) in [5.41, 5.74) is 6.05. The Morgan fingerprint density at radius 2 is 1.61 bits per heavy atom. The predicted molar refractivity (Wildman–Crippen MR) is 119 cm³/mol. The van der Waals surface area contributed by atoms with E-state index in [-0.39, 0.29) is 26.9 Å². The molecule has 0 atom stereocenters. The Morgan fingerprint density at radius 1 is 0.871 bits per heavy atom. The summed E-state index contributed by atoms with van der Waals surface area (Å²) in [6.07, 6.45) is 0. The molecule has 0 aromatic heterocycles. The number of nitrogens with one attached hydrogen (secondary N) is 1. The Hall–Kier alpha value is -3.42. The highest BCUT2D eigenvalue weighted by molar-refractivity contribution is 6.42. The van der Waals surface area contributed by atoms with Crippen molar-refractivity contribution in [2.45, 2.75) is 0 Å². The van der Waals surface area contributed by atoms with Gasteiger partial charge in [-0.25, -0.2) is 0 Å². The van der Waals surface area contributed by atoms with Crippen LogP contribution in [0.4, 0.5) is 5.69 Å². The molecule has 0 aliphatic carbocycles. The summed E-state index contributed by atoms with van der Waals surface area (Å²) in [5, 5.41) is 3.07. The summed E-state index contributed by atoms with van der Waals surface area (Å²) in [4.78, 5) is 24.4. The fourth-order valence-electron chi connectivity index (χ4n) is 2.72. The van der Waals surface area contributed by atoms with Crippen LogP contribution in [-0.2, 0) is 0 Å². The minimum atomic E-state index is -0.610. The third-order valence-corrected chi connectivity index (χ3v) is 4.98. The second-order valence-electron chi connectivity index (χ2n) is 6.28. The molecule has 0 saturated heterocycles. The van der Waals surface area contributed by atoms with Gasteiger partial charge in [0.1, 0.15) is 11.5 Å². The number of amides is 2. The molecule has 9 heteroatoms. The van der Waals surface area contributed by atoms with Crippen LogP contribution in [0, 0.1) is 0 Å². The average molecular weight is 461 g/mol. The lowest BCUT2D eigenvalue weighted by atomic mass is 10.1. The number of anilines is 1. The van der Waals surface area contributed by atoms with Crippen LogP contribution in [0.15, 0.2) is 54.6 Å². The van der Waals surface area contributed by atoms with Crippen LogP contribution in [-0.4, -0.2) is 26.0 Å². The molecule has 160 valence electrons. The zero-order valence-electron chi connectivity index (χ0n) is 16.6. The van der Waals surface area contributed by atoms with Gasteiger partial charge in [-0.05, 0) is 36.4 Å². The number of ether oxygens (including phenoxy) is 3. The van der Waals surface area contributed by atoms with Gasteiger partial charge >= 0.3 is 0 Å². The highest BCUT2D eigenvalue weighted by atomic mass is 35.5. The highest BCUT2D eigenvalue weighted by Gasteiger charge is 2.19. The average Bonchev–Trinajstić information content (AvgIpc) is 2.76. The Kier molecular flexibility index (Phi) is 6.89. The smallest absolute Gasteiger partial charge is 0.259 e. The van der Waals surface area contributed by atoms with E-state index in [1.54, 1.807) is 36.4 Å². The number of rotatable bonds is 7. The summed E-state index contributed by atoms with van der Waals surface area (Å²) in [7, 11) is 3.01. The van der Waals surface area contributed by atoms with Gasteiger partial charge in [0, 0.05) is 23.4 Å². The standard InChI is InChI=1S/C22H18Cl2N2O5/c1-29-14-6-7-18(20(9-14)30-2)31-19-11-17(24)16(23)10-15(19)22(28)26-13-5-3-4-12(8-13)21(25)27/h3-11H,1-2H3,(H2,25,27)(H,26,28). The molecule has 0 saturated carbocycles. The van der Waals surface area contributed by atoms with Crippen molar-refractivity contribution in [2.24, 2.45) is 5.73 Å². The molecule has 3 rings (SSSR count). The number of hydrogen-bond donors (Lipinski definition) is 2. The molecule has 0 fully saturated rings. The first-order valence-electron chi connectivity index (χ1n) is 8.92. The second kappa shape index (κ2) is 9.59. The van der Waals surface area contributed by atoms with Crippen molar-refractivity contribution in [1.29, 1.82) is 0 Å². The molecule has 3 N–H and O–H groups in total. The minimum absolute atomic E-state index is 0.122. The second-order valence-corrected chi connectivity index (χ2v) is 7.09. The number of benzene rings is 3. The highest BCUT2D eigenvalue weighted by Crippen LogP contribution is 2.38. The van der Waals surface area contributed by atoms with Gasteiger partial charge in [-0.2, -0.15) is 0 Å². The summed E-state index contributed by atoms with van der Waals surface area (Å²) in [6.45, 7) is 0. The quantitative estimate of drug-likeness (QED) is 0.507. The third-order valence-electron chi connectivity index (χ3n) is 4.26. The fraction of sp³-hybridized carbons (Fsp3) is 0.0909. The number of methoxy groups -OCH3 is 2. The third kappa shape index (κ3) is 5.20. The lowest BCUT2D eigenvalue weighted by Crippen LogP contribution is -2.15. The molecule has 0 unspecified atom stereocenters. The maximum atomic E-state index is 13.0. The van der Waals surface area contributed by atoms with Crippen molar-refractivity contribution < 1.29 is 23.8 Å². The largest absolute Gasteiger partial charge is 0.497 e. The predicted octanol–water partition coefficient (Wildman–Crippen LogP) is 5.15. The van der Waals surface area contributed by atoms with E-state index >= 15 is 0 Å². The van der Waals surface area contributed by atoms with E-state index in [4.69, 9.17) is 43.1 Å². The number of carbonyl (C=O) groups is 2. The normalized spacial score (nSPS) is 10.3. The van der Waals surface area contributed by atoms with E-state index in [2.05, 4.69) is 5.32 Å².